The van der Waals surface area contributed by atoms with E-state index in [9.17, 15) is 4.79 Å². The van der Waals surface area contributed by atoms with Gasteiger partial charge in [0.05, 0.1) is 18.3 Å². The third kappa shape index (κ3) is 5.80. The van der Waals surface area contributed by atoms with Gasteiger partial charge in [0.15, 0.2) is 0 Å². The lowest BCUT2D eigenvalue weighted by molar-refractivity contribution is -0.143. The zero-order valence-electron chi connectivity index (χ0n) is 11.8. The highest BCUT2D eigenvalue weighted by molar-refractivity contribution is 5.77. The van der Waals surface area contributed by atoms with Crippen molar-refractivity contribution in [3.8, 4) is 0 Å². The molecule has 0 radical (unpaired) electrons. The average molecular weight is 258 g/mol. The molecule has 1 aliphatic rings. The van der Waals surface area contributed by atoms with Crippen LogP contribution in [0.4, 0.5) is 0 Å². The Morgan fingerprint density at radius 1 is 1.33 bits per heavy atom. The van der Waals surface area contributed by atoms with Gasteiger partial charge in [-0.15, -0.1) is 0 Å². The van der Waals surface area contributed by atoms with Crippen molar-refractivity contribution in [2.45, 2.75) is 45.3 Å². The smallest absolute Gasteiger partial charge is 0.248 e. The average Bonchev–Trinajstić information content (AvgIpc) is 2.33. The highest BCUT2D eigenvalue weighted by Gasteiger charge is 2.24. The summed E-state index contributed by atoms with van der Waals surface area (Å²) in [6, 6.07) is 0. The zero-order chi connectivity index (χ0) is 13.6. The first-order valence-electron chi connectivity index (χ1n) is 6.66. The molecule has 0 unspecified atom stereocenters. The Balaban J connectivity index is 2.23. The normalized spacial score (nSPS) is 18.1. The quantitative estimate of drug-likeness (QED) is 0.791. The molecule has 0 aromatic carbocycles. The van der Waals surface area contributed by atoms with E-state index in [0.29, 0.717) is 13.2 Å². The fourth-order valence-corrected chi connectivity index (χ4v) is 1.88. The van der Waals surface area contributed by atoms with Gasteiger partial charge in [0.2, 0.25) is 5.91 Å². The van der Waals surface area contributed by atoms with Gasteiger partial charge in [-0.3, -0.25) is 4.79 Å². The number of rotatable bonds is 5. The summed E-state index contributed by atoms with van der Waals surface area (Å²) in [5.74, 6) is 0.0715. The van der Waals surface area contributed by atoms with Crippen molar-refractivity contribution in [2.75, 3.05) is 32.8 Å². The second kappa shape index (κ2) is 7.07. The third-order valence-electron chi connectivity index (χ3n) is 2.89. The predicted molar refractivity (Wildman–Crippen MR) is 70.3 cm³/mol. The molecule has 5 nitrogen and oxygen atoms in total. The molecule has 0 aromatic rings. The second-order valence-electron chi connectivity index (χ2n) is 5.64. The first kappa shape index (κ1) is 15.4. The van der Waals surface area contributed by atoms with Gasteiger partial charge >= 0.3 is 0 Å². The summed E-state index contributed by atoms with van der Waals surface area (Å²) in [6.07, 6.45) is 2.03. The molecule has 0 atom stereocenters. The molecule has 0 bridgehead atoms. The molecule has 0 spiro atoms. The second-order valence-corrected chi connectivity index (χ2v) is 5.64. The Hall–Kier alpha value is -0.650. The van der Waals surface area contributed by atoms with Crippen LogP contribution in [0.25, 0.3) is 0 Å². The largest absolute Gasteiger partial charge is 0.377 e. The van der Waals surface area contributed by atoms with Crippen LogP contribution in [0.15, 0.2) is 0 Å². The highest BCUT2D eigenvalue weighted by atomic mass is 16.5. The molecule has 106 valence electrons. The molecular formula is C13H26N2O3. The lowest BCUT2D eigenvalue weighted by Crippen LogP contribution is -2.43. The number of carbonyl (C=O) groups excluding carboxylic acids is 1. The Bertz CT molecular complexity index is 255. The minimum Gasteiger partial charge on any atom is -0.377 e. The number of hydrogen-bond acceptors (Lipinski definition) is 4. The number of hydrogen-bond donors (Lipinski definition) is 1. The Labute approximate surface area is 110 Å². The number of ether oxygens (including phenoxy) is 2. The molecule has 1 heterocycles. The van der Waals surface area contributed by atoms with E-state index in [1.807, 2.05) is 25.7 Å². The molecule has 5 heteroatoms. The SMILES string of the molecule is CC(C)(C)OCC(=O)N1CCC(OCCN)CC1. The maximum Gasteiger partial charge on any atom is 0.248 e. The maximum atomic E-state index is 11.9. The van der Waals surface area contributed by atoms with E-state index < -0.39 is 0 Å². The van der Waals surface area contributed by atoms with Gasteiger partial charge in [0.25, 0.3) is 0 Å². The lowest BCUT2D eigenvalue weighted by Gasteiger charge is -2.32. The monoisotopic (exact) mass is 258 g/mol. The number of piperidine rings is 1. The number of amides is 1. The van der Waals surface area contributed by atoms with Crippen LogP contribution >= 0.6 is 0 Å². The number of nitrogens with zero attached hydrogens (tertiary/aromatic N) is 1. The molecule has 0 saturated carbocycles. The Kier molecular flexibility index (Phi) is 6.05. The van der Waals surface area contributed by atoms with Crippen molar-refractivity contribution < 1.29 is 14.3 Å². The fraction of sp³-hybridized carbons (Fsp3) is 0.923. The van der Waals surface area contributed by atoms with E-state index in [1.165, 1.54) is 0 Å². The van der Waals surface area contributed by atoms with Gasteiger partial charge in [-0.2, -0.15) is 0 Å². The van der Waals surface area contributed by atoms with Gasteiger partial charge in [0.1, 0.15) is 6.61 Å². The van der Waals surface area contributed by atoms with Crippen LogP contribution in [-0.2, 0) is 14.3 Å². The maximum absolute atomic E-state index is 11.9. The first-order valence-corrected chi connectivity index (χ1v) is 6.66. The summed E-state index contributed by atoms with van der Waals surface area (Å²) in [7, 11) is 0. The van der Waals surface area contributed by atoms with Crippen LogP contribution in [0.5, 0.6) is 0 Å². The van der Waals surface area contributed by atoms with Crippen molar-refractivity contribution in [1.82, 2.24) is 4.90 Å². The van der Waals surface area contributed by atoms with Gasteiger partial charge < -0.3 is 20.1 Å². The van der Waals surface area contributed by atoms with Gasteiger partial charge in [0, 0.05) is 19.6 Å². The molecule has 1 saturated heterocycles. The number of likely N-dealkylation sites (tertiary alicyclic amines) is 1. The predicted octanol–water partition coefficient (Wildman–Crippen LogP) is 0.768. The van der Waals surface area contributed by atoms with Crippen LogP contribution in [0.2, 0.25) is 0 Å². The summed E-state index contributed by atoms with van der Waals surface area (Å²) in [5.41, 5.74) is 5.13. The van der Waals surface area contributed by atoms with Crippen LogP contribution in [0.1, 0.15) is 33.6 Å². The van der Waals surface area contributed by atoms with Gasteiger partial charge in [-0.05, 0) is 33.6 Å². The van der Waals surface area contributed by atoms with Crippen LogP contribution in [-0.4, -0.2) is 55.4 Å². The lowest BCUT2D eigenvalue weighted by atomic mass is 10.1. The molecule has 1 aliphatic heterocycles. The highest BCUT2D eigenvalue weighted by Crippen LogP contribution is 2.14. The van der Waals surface area contributed by atoms with Crippen LogP contribution in [0, 0.1) is 0 Å². The summed E-state index contributed by atoms with van der Waals surface area (Å²) < 4.78 is 11.1. The fourth-order valence-electron chi connectivity index (χ4n) is 1.88. The minimum absolute atomic E-state index is 0.0715. The van der Waals surface area contributed by atoms with Crippen molar-refractivity contribution in [3.63, 3.8) is 0 Å². The van der Waals surface area contributed by atoms with E-state index in [4.69, 9.17) is 15.2 Å². The standard InChI is InChI=1S/C13H26N2O3/c1-13(2,3)18-10-12(16)15-7-4-11(5-8-15)17-9-6-14/h11H,4-10,14H2,1-3H3. The van der Waals surface area contributed by atoms with Crippen molar-refractivity contribution in [3.05, 3.63) is 0 Å². The summed E-state index contributed by atoms with van der Waals surface area (Å²) in [5, 5.41) is 0. The van der Waals surface area contributed by atoms with Crippen LogP contribution in [0.3, 0.4) is 0 Å². The summed E-state index contributed by atoms with van der Waals surface area (Å²) in [6.45, 7) is 8.68. The first-order chi connectivity index (χ1) is 8.42. The number of carbonyl (C=O) groups is 1. The van der Waals surface area contributed by atoms with Crippen molar-refractivity contribution >= 4 is 5.91 Å². The molecule has 0 aromatic heterocycles. The Morgan fingerprint density at radius 3 is 2.44 bits per heavy atom. The molecule has 18 heavy (non-hydrogen) atoms. The van der Waals surface area contributed by atoms with Gasteiger partial charge in [-0.25, -0.2) is 0 Å². The molecule has 2 N–H and O–H groups in total. The van der Waals surface area contributed by atoms with E-state index in [2.05, 4.69) is 0 Å². The molecule has 1 rings (SSSR count). The third-order valence-corrected chi connectivity index (χ3v) is 2.89. The topological polar surface area (TPSA) is 64.8 Å². The van der Waals surface area contributed by atoms with Crippen molar-refractivity contribution in [2.24, 2.45) is 5.73 Å². The number of nitrogens with two attached hydrogens (primary N) is 1. The van der Waals surface area contributed by atoms with E-state index in [0.717, 1.165) is 25.9 Å². The molecule has 0 aliphatic carbocycles. The van der Waals surface area contributed by atoms with Crippen LogP contribution < -0.4 is 5.73 Å². The molecule has 1 fully saturated rings. The van der Waals surface area contributed by atoms with E-state index >= 15 is 0 Å². The van der Waals surface area contributed by atoms with E-state index in [-0.39, 0.29) is 24.2 Å². The minimum atomic E-state index is -0.266. The summed E-state index contributed by atoms with van der Waals surface area (Å²) in [4.78, 5) is 13.8. The van der Waals surface area contributed by atoms with E-state index in [1.54, 1.807) is 0 Å². The van der Waals surface area contributed by atoms with Gasteiger partial charge in [-0.1, -0.05) is 0 Å². The van der Waals surface area contributed by atoms with Crippen molar-refractivity contribution in [1.29, 1.82) is 0 Å². The molecular weight excluding hydrogens is 232 g/mol. The molecule has 1 amide bonds. The Morgan fingerprint density at radius 2 is 1.94 bits per heavy atom. The zero-order valence-corrected chi connectivity index (χ0v) is 11.8. The summed E-state index contributed by atoms with van der Waals surface area (Å²) >= 11 is 0.